The Morgan fingerprint density at radius 2 is 1.41 bits per heavy atom. The number of hydrogen-bond acceptors (Lipinski definition) is 6. The van der Waals surface area contributed by atoms with Gasteiger partial charge in [-0.05, 0) is 20.8 Å². The van der Waals surface area contributed by atoms with E-state index in [9.17, 15) is 9.59 Å². The number of hydrogen-bond donors (Lipinski definition) is 0. The Morgan fingerprint density at radius 3 is 1.77 bits per heavy atom. The number of carbonyl (C=O) groups excluding carboxylic acids is 2. The molecule has 0 saturated carbocycles. The van der Waals surface area contributed by atoms with Gasteiger partial charge in [0.1, 0.15) is 0 Å². The molecule has 1 aromatic heterocycles. The first kappa shape index (κ1) is 16.2. The van der Waals surface area contributed by atoms with Crippen molar-refractivity contribution in [3.8, 4) is 11.5 Å². The normalized spacial score (nSPS) is 13.4. The molecule has 1 aromatic rings. The molecule has 7 heteroatoms. The van der Waals surface area contributed by atoms with Crippen molar-refractivity contribution in [2.24, 2.45) is 0 Å². The highest BCUT2D eigenvalue weighted by atomic mass is 16.6. The predicted octanol–water partition coefficient (Wildman–Crippen LogP) is 2.02. The van der Waals surface area contributed by atoms with Crippen LogP contribution in [0.4, 0.5) is 0 Å². The van der Waals surface area contributed by atoms with Crippen LogP contribution in [0, 0.1) is 0 Å². The minimum Gasteiger partial charge on any atom is -0.487 e. The van der Waals surface area contributed by atoms with Crippen LogP contribution < -0.4 is 9.47 Å². The summed E-state index contributed by atoms with van der Waals surface area (Å²) < 4.78 is 23.0. The average Bonchev–Trinajstić information content (AvgIpc) is 2.63. The van der Waals surface area contributed by atoms with E-state index >= 15 is 0 Å². The lowest BCUT2D eigenvalue weighted by molar-refractivity contribution is 0.0499. The fraction of sp³-hybridized carbons (Fsp3) is 0.600. The fourth-order valence-electron chi connectivity index (χ4n) is 2.37. The summed E-state index contributed by atoms with van der Waals surface area (Å²) in [7, 11) is 0. The van der Waals surface area contributed by atoms with Crippen LogP contribution in [0.5, 0.6) is 11.5 Å². The lowest BCUT2D eigenvalue weighted by Gasteiger charge is -2.11. The molecule has 0 fully saturated rings. The Kier molecular flexibility index (Phi) is 5.30. The second-order valence-corrected chi connectivity index (χ2v) is 4.59. The van der Waals surface area contributed by atoms with Gasteiger partial charge in [0, 0.05) is 13.0 Å². The van der Waals surface area contributed by atoms with Crippen LogP contribution in [-0.2, 0) is 16.0 Å². The van der Waals surface area contributed by atoms with Crippen LogP contribution in [0.15, 0.2) is 0 Å². The van der Waals surface area contributed by atoms with Crippen LogP contribution in [0.2, 0.25) is 0 Å². The molecule has 2 rings (SSSR count). The Labute approximate surface area is 129 Å². The van der Waals surface area contributed by atoms with Gasteiger partial charge in [0.05, 0.1) is 26.4 Å². The molecule has 22 heavy (non-hydrogen) atoms. The molecule has 2 heterocycles. The Bertz CT molecular complexity index is 517. The monoisotopic (exact) mass is 311 g/mol. The van der Waals surface area contributed by atoms with Gasteiger partial charge < -0.3 is 23.5 Å². The van der Waals surface area contributed by atoms with E-state index in [0.717, 1.165) is 0 Å². The van der Waals surface area contributed by atoms with Crippen LogP contribution in [-0.4, -0.2) is 42.9 Å². The van der Waals surface area contributed by atoms with Crippen molar-refractivity contribution in [1.29, 1.82) is 0 Å². The number of ether oxygens (including phenoxy) is 4. The van der Waals surface area contributed by atoms with Crippen molar-refractivity contribution < 1.29 is 28.5 Å². The second kappa shape index (κ2) is 7.20. The van der Waals surface area contributed by atoms with Gasteiger partial charge in [0.15, 0.2) is 22.9 Å². The van der Waals surface area contributed by atoms with Gasteiger partial charge >= 0.3 is 11.9 Å². The van der Waals surface area contributed by atoms with Gasteiger partial charge in [-0.1, -0.05) is 0 Å². The standard InChI is InChI=1S/C15H21NO6/c1-4-16-10(14(17)19-5-2)12-13(22-9-7-8-21-12)11(16)15(18)20-6-3/h4-9H2,1-3H3. The van der Waals surface area contributed by atoms with Crippen molar-refractivity contribution in [3.63, 3.8) is 0 Å². The molecule has 0 amide bonds. The van der Waals surface area contributed by atoms with E-state index in [1.54, 1.807) is 13.8 Å². The zero-order valence-corrected chi connectivity index (χ0v) is 13.1. The zero-order chi connectivity index (χ0) is 16.1. The summed E-state index contributed by atoms with van der Waals surface area (Å²) in [6.07, 6.45) is 0.672. The van der Waals surface area contributed by atoms with Gasteiger partial charge in [-0.3, -0.25) is 0 Å². The number of fused-ring (bicyclic) bond motifs is 1. The van der Waals surface area contributed by atoms with E-state index in [1.807, 2.05) is 6.92 Å². The van der Waals surface area contributed by atoms with Crippen LogP contribution in [0.3, 0.4) is 0 Å². The number of aromatic nitrogens is 1. The van der Waals surface area contributed by atoms with E-state index in [0.29, 0.717) is 26.2 Å². The third-order valence-electron chi connectivity index (χ3n) is 3.21. The summed E-state index contributed by atoms with van der Waals surface area (Å²) in [5.41, 5.74) is 0.397. The van der Waals surface area contributed by atoms with Crippen molar-refractivity contribution >= 4 is 11.9 Å². The Hall–Kier alpha value is -2.18. The van der Waals surface area contributed by atoms with Gasteiger partial charge in [0.25, 0.3) is 0 Å². The summed E-state index contributed by atoms with van der Waals surface area (Å²) in [6, 6.07) is 0. The first-order valence-corrected chi connectivity index (χ1v) is 7.51. The molecule has 0 spiro atoms. The number of esters is 2. The lowest BCUT2D eigenvalue weighted by atomic mass is 10.3. The molecule has 1 aliphatic rings. The maximum Gasteiger partial charge on any atom is 0.359 e. The molecular formula is C15H21NO6. The molecule has 7 nitrogen and oxygen atoms in total. The molecular weight excluding hydrogens is 290 g/mol. The topological polar surface area (TPSA) is 76.0 Å². The van der Waals surface area contributed by atoms with E-state index < -0.39 is 11.9 Å². The summed E-state index contributed by atoms with van der Waals surface area (Å²) in [5, 5.41) is 0. The molecule has 1 aliphatic heterocycles. The molecule has 0 bridgehead atoms. The minimum absolute atomic E-state index is 0.198. The highest BCUT2D eigenvalue weighted by Gasteiger charge is 2.35. The molecule has 0 N–H and O–H groups in total. The SMILES string of the molecule is CCOC(=O)c1c2c(c(C(=O)OCC)n1CC)OCCCO2. The molecule has 0 aliphatic carbocycles. The largest absolute Gasteiger partial charge is 0.487 e. The number of rotatable bonds is 5. The third-order valence-corrected chi connectivity index (χ3v) is 3.21. The Balaban J connectivity index is 2.61. The Morgan fingerprint density at radius 1 is 0.955 bits per heavy atom. The summed E-state index contributed by atoms with van der Waals surface area (Å²) in [6.45, 7) is 6.95. The quantitative estimate of drug-likeness (QED) is 0.774. The predicted molar refractivity (Wildman–Crippen MR) is 77.6 cm³/mol. The molecule has 0 unspecified atom stereocenters. The van der Waals surface area contributed by atoms with E-state index in [-0.39, 0.29) is 36.1 Å². The van der Waals surface area contributed by atoms with Gasteiger partial charge in [-0.15, -0.1) is 0 Å². The minimum atomic E-state index is -0.540. The summed E-state index contributed by atoms with van der Waals surface area (Å²) in [4.78, 5) is 24.5. The summed E-state index contributed by atoms with van der Waals surface area (Å²) in [5.74, 6) is -0.551. The van der Waals surface area contributed by atoms with E-state index in [2.05, 4.69) is 0 Å². The highest BCUT2D eigenvalue weighted by Crippen LogP contribution is 2.40. The maximum atomic E-state index is 12.3. The van der Waals surface area contributed by atoms with Crippen molar-refractivity contribution in [3.05, 3.63) is 11.4 Å². The van der Waals surface area contributed by atoms with E-state index in [1.165, 1.54) is 4.57 Å². The number of nitrogens with zero attached hydrogens (tertiary/aromatic N) is 1. The van der Waals surface area contributed by atoms with E-state index in [4.69, 9.17) is 18.9 Å². The molecule has 0 aromatic carbocycles. The second-order valence-electron chi connectivity index (χ2n) is 4.59. The fourth-order valence-corrected chi connectivity index (χ4v) is 2.37. The van der Waals surface area contributed by atoms with Crippen molar-refractivity contribution in [1.82, 2.24) is 4.57 Å². The highest BCUT2D eigenvalue weighted by molar-refractivity contribution is 5.99. The first-order chi connectivity index (χ1) is 10.7. The van der Waals surface area contributed by atoms with Crippen LogP contribution in [0.1, 0.15) is 48.2 Å². The van der Waals surface area contributed by atoms with Crippen molar-refractivity contribution in [2.45, 2.75) is 33.7 Å². The smallest absolute Gasteiger partial charge is 0.359 e. The maximum absolute atomic E-state index is 12.3. The van der Waals surface area contributed by atoms with Crippen LogP contribution in [0.25, 0.3) is 0 Å². The number of carbonyl (C=O) groups is 2. The van der Waals surface area contributed by atoms with Crippen LogP contribution >= 0.6 is 0 Å². The molecule has 122 valence electrons. The lowest BCUT2D eigenvalue weighted by Crippen LogP contribution is -2.18. The third kappa shape index (κ3) is 2.88. The summed E-state index contributed by atoms with van der Waals surface area (Å²) >= 11 is 0. The molecule has 0 atom stereocenters. The first-order valence-electron chi connectivity index (χ1n) is 7.51. The molecule has 0 radical (unpaired) electrons. The van der Waals surface area contributed by atoms with Gasteiger partial charge in [0.2, 0.25) is 0 Å². The zero-order valence-electron chi connectivity index (χ0n) is 13.1. The van der Waals surface area contributed by atoms with Crippen molar-refractivity contribution in [2.75, 3.05) is 26.4 Å². The molecule has 0 saturated heterocycles. The van der Waals surface area contributed by atoms with Gasteiger partial charge in [-0.25, -0.2) is 9.59 Å². The van der Waals surface area contributed by atoms with Gasteiger partial charge in [-0.2, -0.15) is 0 Å². The average molecular weight is 311 g/mol.